The second kappa shape index (κ2) is 9.87. The van der Waals surface area contributed by atoms with E-state index in [9.17, 15) is 20.4 Å². The predicted octanol–water partition coefficient (Wildman–Crippen LogP) is 4.06. The van der Waals surface area contributed by atoms with Gasteiger partial charge in [-0.2, -0.15) is 0 Å². The quantitative estimate of drug-likeness (QED) is 0.670. The van der Waals surface area contributed by atoms with Gasteiger partial charge in [0.15, 0.2) is 0 Å². The number of hydrogen-bond acceptors (Lipinski definition) is 4. The summed E-state index contributed by atoms with van der Waals surface area (Å²) in [6.45, 7) is 3.88. The molecule has 0 saturated heterocycles. The van der Waals surface area contributed by atoms with Gasteiger partial charge >= 0.3 is 0 Å². The number of hydrogen-bond donors (Lipinski definition) is 4. The summed E-state index contributed by atoms with van der Waals surface area (Å²) >= 11 is 0. The Bertz CT molecular complexity index is 583. The molecule has 2 unspecified atom stereocenters. The number of rotatable bonds is 5. The van der Waals surface area contributed by atoms with E-state index in [1.54, 1.807) is 42.5 Å². The van der Waals surface area contributed by atoms with Crippen LogP contribution in [0.2, 0.25) is 0 Å². The Morgan fingerprint density at radius 1 is 0.739 bits per heavy atom. The number of para-hydroxylation sites is 2. The topological polar surface area (TPSA) is 80.9 Å². The van der Waals surface area contributed by atoms with Gasteiger partial charge in [-0.15, -0.1) is 0 Å². The molecule has 23 heavy (non-hydrogen) atoms. The van der Waals surface area contributed by atoms with Gasteiger partial charge in [-0.3, -0.25) is 0 Å². The van der Waals surface area contributed by atoms with E-state index in [0.717, 1.165) is 6.42 Å². The molecule has 0 bridgehead atoms. The molecule has 126 valence electrons. The number of benzene rings is 2. The van der Waals surface area contributed by atoms with E-state index in [4.69, 9.17) is 0 Å². The maximum Gasteiger partial charge on any atom is 0.121 e. The first kappa shape index (κ1) is 19.0. The van der Waals surface area contributed by atoms with E-state index in [-0.39, 0.29) is 11.5 Å². The molecular formula is C19H26O4. The zero-order chi connectivity index (χ0) is 17.2. The van der Waals surface area contributed by atoms with Crippen LogP contribution in [0, 0.1) is 0 Å². The molecule has 0 saturated carbocycles. The second-order valence-electron chi connectivity index (χ2n) is 5.35. The van der Waals surface area contributed by atoms with Crippen molar-refractivity contribution < 1.29 is 20.4 Å². The Labute approximate surface area is 137 Å². The second-order valence-corrected chi connectivity index (χ2v) is 5.35. The van der Waals surface area contributed by atoms with Crippen LogP contribution in [0.25, 0.3) is 0 Å². The highest BCUT2D eigenvalue weighted by Crippen LogP contribution is 2.26. The van der Waals surface area contributed by atoms with E-state index < -0.39 is 12.2 Å². The minimum Gasteiger partial charge on any atom is -0.508 e. The van der Waals surface area contributed by atoms with Gasteiger partial charge in [0.1, 0.15) is 11.5 Å². The van der Waals surface area contributed by atoms with E-state index in [2.05, 4.69) is 0 Å². The van der Waals surface area contributed by atoms with Crippen molar-refractivity contribution in [1.82, 2.24) is 0 Å². The number of aliphatic hydroxyl groups is 2. The Morgan fingerprint density at radius 3 is 1.57 bits per heavy atom. The summed E-state index contributed by atoms with van der Waals surface area (Å²) in [4.78, 5) is 0. The van der Waals surface area contributed by atoms with Crippen molar-refractivity contribution in [3.63, 3.8) is 0 Å². The average Bonchev–Trinajstić information content (AvgIpc) is 2.56. The molecule has 0 amide bonds. The van der Waals surface area contributed by atoms with Gasteiger partial charge in [-0.05, 0) is 25.0 Å². The minimum atomic E-state index is -0.545. The Hall–Kier alpha value is -2.04. The third-order valence-corrected chi connectivity index (χ3v) is 3.54. The van der Waals surface area contributed by atoms with E-state index >= 15 is 0 Å². The third kappa shape index (κ3) is 5.93. The number of phenolic OH excluding ortho intramolecular Hbond substituents is 2. The van der Waals surface area contributed by atoms with Crippen LogP contribution in [-0.2, 0) is 0 Å². The third-order valence-electron chi connectivity index (χ3n) is 3.54. The van der Waals surface area contributed by atoms with Crippen molar-refractivity contribution in [2.75, 3.05) is 0 Å². The maximum absolute atomic E-state index is 9.54. The van der Waals surface area contributed by atoms with Crippen LogP contribution in [0.5, 0.6) is 11.5 Å². The van der Waals surface area contributed by atoms with Gasteiger partial charge in [0.05, 0.1) is 12.2 Å². The standard InChI is InChI=1S/C10H14O2.C9H12O2/c1-2-5-9(11)8-6-3-4-7-10(8)12;1-2-8(10)7-5-3-4-6-9(7)11/h3-4,6-7,9,11-12H,2,5H2,1H3;3-6,8,10-11H,2H2,1H3. The SMILES string of the molecule is CCC(O)c1ccccc1O.CCCC(O)c1ccccc1O. The average molecular weight is 318 g/mol. The Kier molecular flexibility index (Phi) is 8.16. The van der Waals surface area contributed by atoms with Gasteiger partial charge in [-0.1, -0.05) is 56.7 Å². The van der Waals surface area contributed by atoms with E-state index in [0.29, 0.717) is 24.0 Å². The molecule has 4 heteroatoms. The van der Waals surface area contributed by atoms with Crippen LogP contribution >= 0.6 is 0 Å². The molecule has 0 radical (unpaired) electrons. The smallest absolute Gasteiger partial charge is 0.121 e. The highest BCUT2D eigenvalue weighted by atomic mass is 16.3. The summed E-state index contributed by atoms with van der Waals surface area (Å²) < 4.78 is 0. The van der Waals surface area contributed by atoms with Crippen molar-refractivity contribution >= 4 is 0 Å². The first-order chi connectivity index (χ1) is 11.0. The minimum absolute atomic E-state index is 0.168. The first-order valence-electron chi connectivity index (χ1n) is 7.93. The highest BCUT2D eigenvalue weighted by molar-refractivity contribution is 5.34. The maximum atomic E-state index is 9.54. The molecule has 0 heterocycles. The zero-order valence-electron chi connectivity index (χ0n) is 13.7. The molecule has 0 aliphatic rings. The Balaban J connectivity index is 0.000000231. The van der Waals surface area contributed by atoms with Crippen LogP contribution in [0.1, 0.15) is 56.4 Å². The molecule has 2 rings (SSSR count). The summed E-state index contributed by atoms with van der Waals surface area (Å²) in [5.41, 5.74) is 1.23. The molecule has 0 fully saturated rings. The lowest BCUT2D eigenvalue weighted by molar-refractivity contribution is 0.163. The van der Waals surface area contributed by atoms with Crippen molar-refractivity contribution in [3.8, 4) is 11.5 Å². The van der Waals surface area contributed by atoms with Gasteiger partial charge in [0.25, 0.3) is 0 Å². The number of aromatic hydroxyl groups is 2. The van der Waals surface area contributed by atoms with Gasteiger partial charge in [0.2, 0.25) is 0 Å². The fraction of sp³-hybridized carbons (Fsp3) is 0.368. The zero-order valence-corrected chi connectivity index (χ0v) is 13.7. The van der Waals surface area contributed by atoms with E-state index in [1.165, 1.54) is 0 Å². The lowest BCUT2D eigenvalue weighted by Crippen LogP contribution is -1.96. The summed E-state index contributed by atoms with van der Waals surface area (Å²) in [5.74, 6) is 0.348. The normalized spacial score (nSPS) is 12.9. The lowest BCUT2D eigenvalue weighted by Gasteiger charge is -2.10. The summed E-state index contributed by atoms with van der Waals surface area (Å²) in [7, 11) is 0. The van der Waals surface area contributed by atoms with Crippen molar-refractivity contribution in [3.05, 3.63) is 59.7 Å². The Morgan fingerprint density at radius 2 is 1.17 bits per heavy atom. The summed E-state index contributed by atoms with van der Waals surface area (Å²) in [6, 6.07) is 13.7. The van der Waals surface area contributed by atoms with Gasteiger partial charge in [-0.25, -0.2) is 0 Å². The lowest BCUT2D eigenvalue weighted by atomic mass is 10.0. The summed E-state index contributed by atoms with van der Waals surface area (Å²) in [5, 5.41) is 37.5. The van der Waals surface area contributed by atoms with Crippen LogP contribution in [0.15, 0.2) is 48.5 Å². The largest absolute Gasteiger partial charge is 0.508 e. The van der Waals surface area contributed by atoms with Crippen LogP contribution < -0.4 is 0 Å². The summed E-state index contributed by atoms with van der Waals surface area (Å²) in [6.07, 6.45) is 1.15. The molecule has 2 aromatic carbocycles. The van der Waals surface area contributed by atoms with Crippen molar-refractivity contribution in [1.29, 1.82) is 0 Å². The molecular weight excluding hydrogens is 292 g/mol. The van der Waals surface area contributed by atoms with Crippen LogP contribution in [-0.4, -0.2) is 20.4 Å². The monoisotopic (exact) mass is 318 g/mol. The van der Waals surface area contributed by atoms with Crippen LogP contribution in [0.4, 0.5) is 0 Å². The van der Waals surface area contributed by atoms with Crippen molar-refractivity contribution in [2.45, 2.75) is 45.3 Å². The number of aliphatic hydroxyl groups excluding tert-OH is 2. The van der Waals surface area contributed by atoms with Gasteiger partial charge in [0, 0.05) is 11.1 Å². The molecule has 0 aliphatic heterocycles. The van der Waals surface area contributed by atoms with Crippen LogP contribution in [0.3, 0.4) is 0 Å². The van der Waals surface area contributed by atoms with E-state index in [1.807, 2.05) is 19.9 Å². The number of phenols is 2. The molecule has 4 N–H and O–H groups in total. The fourth-order valence-corrected chi connectivity index (χ4v) is 2.19. The van der Waals surface area contributed by atoms with Gasteiger partial charge < -0.3 is 20.4 Å². The fourth-order valence-electron chi connectivity index (χ4n) is 2.19. The molecule has 4 nitrogen and oxygen atoms in total. The molecule has 0 spiro atoms. The molecule has 2 atom stereocenters. The highest BCUT2D eigenvalue weighted by Gasteiger charge is 2.09. The predicted molar refractivity (Wildman–Crippen MR) is 91.3 cm³/mol. The molecule has 0 aliphatic carbocycles. The first-order valence-corrected chi connectivity index (χ1v) is 7.93. The molecule has 2 aromatic rings. The molecule has 0 aromatic heterocycles. The van der Waals surface area contributed by atoms with Crippen molar-refractivity contribution in [2.24, 2.45) is 0 Å².